The number of aliphatic hydroxyl groups is 1. The molecule has 0 saturated carbocycles. The summed E-state index contributed by atoms with van der Waals surface area (Å²) in [5.41, 5.74) is 3.43. The summed E-state index contributed by atoms with van der Waals surface area (Å²) in [5, 5.41) is 10.8. The van der Waals surface area contributed by atoms with Gasteiger partial charge in [0.2, 0.25) is 0 Å². The second kappa shape index (κ2) is 8.78. The summed E-state index contributed by atoms with van der Waals surface area (Å²) in [5.74, 6) is -0.204. The number of fused-ring (bicyclic) bond motifs is 1. The van der Waals surface area contributed by atoms with Gasteiger partial charge >= 0.3 is 0 Å². The molecule has 1 aliphatic rings. The highest BCUT2D eigenvalue weighted by Crippen LogP contribution is 2.22. The maximum atomic E-state index is 13.2. The highest BCUT2D eigenvalue weighted by molar-refractivity contribution is 5.81. The molecule has 4 rings (SSSR count). The number of nitrogens with zero attached hydrogens (tertiary/aromatic N) is 3. The van der Waals surface area contributed by atoms with Crippen molar-refractivity contribution < 1.29 is 9.50 Å². The van der Waals surface area contributed by atoms with E-state index < -0.39 is 0 Å². The molecule has 146 valence electrons. The van der Waals surface area contributed by atoms with Crippen LogP contribution in [0.25, 0.3) is 10.9 Å². The Morgan fingerprint density at radius 1 is 1.00 bits per heavy atom. The van der Waals surface area contributed by atoms with Crippen LogP contribution in [0, 0.1) is 5.82 Å². The third-order valence-electron chi connectivity index (χ3n) is 5.58. The van der Waals surface area contributed by atoms with E-state index in [1.165, 1.54) is 23.1 Å². The molecule has 0 spiro atoms. The average Bonchev–Trinajstić information content (AvgIpc) is 2.72. The van der Waals surface area contributed by atoms with Crippen LogP contribution in [0.5, 0.6) is 0 Å². The van der Waals surface area contributed by atoms with Gasteiger partial charge < -0.3 is 5.11 Å². The monoisotopic (exact) mass is 379 g/mol. The topological polar surface area (TPSA) is 39.6 Å². The standard InChI is InChI=1S/C23H26FN3O/c24-20-8-6-18(7-9-20)15-27-13-12-26(17-21(27)10-14-28)16-19-3-1-5-23-22(19)4-2-11-25-23/h1-9,11,21,28H,10,12-17H2/t21-/m0/s1. The van der Waals surface area contributed by atoms with Gasteiger partial charge in [-0.05, 0) is 41.8 Å². The van der Waals surface area contributed by atoms with Crippen molar-refractivity contribution in [2.45, 2.75) is 25.6 Å². The van der Waals surface area contributed by atoms with E-state index >= 15 is 0 Å². The number of hydrogen-bond acceptors (Lipinski definition) is 4. The van der Waals surface area contributed by atoms with Crippen LogP contribution in [0.2, 0.25) is 0 Å². The number of piperazine rings is 1. The Bertz CT molecular complexity index is 910. The van der Waals surface area contributed by atoms with Gasteiger partial charge in [-0.25, -0.2) is 4.39 Å². The van der Waals surface area contributed by atoms with Crippen molar-refractivity contribution >= 4 is 10.9 Å². The lowest BCUT2D eigenvalue weighted by molar-refractivity contribution is 0.0501. The van der Waals surface area contributed by atoms with Gasteiger partial charge in [-0.2, -0.15) is 0 Å². The van der Waals surface area contributed by atoms with E-state index in [-0.39, 0.29) is 18.5 Å². The molecule has 0 amide bonds. The van der Waals surface area contributed by atoms with Gasteiger partial charge in [0.15, 0.2) is 0 Å². The van der Waals surface area contributed by atoms with Crippen LogP contribution in [-0.4, -0.2) is 52.2 Å². The minimum Gasteiger partial charge on any atom is -0.396 e. The maximum absolute atomic E-state index is 13.2. The first kappa shape index (κ1) is 19.0. The third-order valence-corrected chi connectivity index (χ3v) is 5.58. The largest absolute Gasteiger partial charge is 0.396 e. The molecule has 3 aromatic rings. The number of benzene rings is 2. The van der Waals surface area contributed by atoms with Crippen LogP contribution < -0.4 is 0 Å². The van der Waals surface area contributed by atoms with Crippen LogP contribution in [0.3, 0.4) is 0 Å². The van der Waals surface area contributed by atoms with Crippen molar-refractivity contribution in [1.82, 2.24) is 14.8 Å². The molecule has 2 aromatic carbocycles. The maximum Gasteiger partial charge on any atom is 0.123 e. The lowest BCUT2D eigenvalue weighted by Gasteiger charge is -2.41. The molecule has 1 aliphatic heterocycles. The summed E-state index contributed by atoms with van der Waals surface area (Å²) in [6.45, 7) is 4.67. The molecule has 28 heavy (non-hydrogen) atoms. The minimum atomic E-state index is -0.204. The Hall–Kier alpha value is -2.34. The number of aliphatic hydroxyl groups excluding tert-OH is 1. The molecule has 1 aromatic heterocycles. The number of rotatable bonds is 6. The molecule has 1 fully saturated rings. The SMILES string of the molecule is OCC[C@H]1CN(Cc2cccc3ncccc23)CCN1Cc1ccc(F)cc1. The summed E-state index contributed by atoms with van der Waals surface area (Å²) >= 11 is 0. The molecule has 0 bridgehead atoms. The van der Waals surface area contributed by atoms with Crippen molar-refractivity contribution in [3.05, 3.63) is 77.7 Å². The van der Waals surface area contributed by atoms with Crippen LogP contribution in [0.1, 0.15) is 17.5 Å². The molecule has 1 atom stereocenters. The van der Waals surface area contributed by atoms with Gasteiger partial charge in [-0.15, -0.1) is 0 Å². The molecule has 5 heteroatoms. The smallest absolute Gasteiger partial charge is 0.123 e. The first-order valence-corrected chi connectivity index (χ1v) is 9.87. The highest BCUT2D eigenvalue weighted by atomic mass is 19.1. The van der Waals surface area contributed by atoms with E-state index in [0.717, 1.165) is 50.2 Å². The number of halogens is 1. The van der Waals surface area contributed by atoms with E-state index in [4.69, 9.17) is 0 Å². The molecule has 4 nitrogen and oxygen atoms in total. The lowest BCUT2D eigenvalue weighted by Crippen LogP contribution is -2.52. The third kappa shape index (κ3) is 4.38. The normalized spacial score (nSPS) is 18.6. The van der Waals surface area contributed by atoms with E-state index in [0.29, 0.717) is 0 Å². The van der Waals surface area contributed by atoms with Crippen molar-refractivity contribution in [2.75, 3.05) is 26.2 Å². The lowest BCUT2D eigenvalue weighted by atomic mass is 10.0. The van der Waals surface area contributed by atoms with Crippen LogP contribution >= 0.6 is 0 Å². The van der Waals surface area contributed by atoms with E-state index in [1.54, 1.807) is 0 Å². The van der Waals surface area contributed by atoms with Crippen molar-refractivity contribution in [1.29, 1.82) is 0 Å². The van der Waals surface area contributed by atoms with Gasteiger partial charge in [0.25, 0.3) is 0 Å². The van der Waals surface area contributed by atoms with Crippen LogP contribution in [-0.2, 0) is 13.1 Å². The summed E-state index contributed by atoms with van der Waals surface area (Å²) in [6.07, 6.45) is 2.58. The molecular weight excluding hydrogens is 353 g/mol. The predicted molar refractivity (Wildman–Crippen MR) is 109 cm³/mol. The fourth-order valence-corrected chi connectivity index (χ4v) is 4.10. The highest BCUT2D eigenvalue weighted by Gasteiger charge is 2.27. The predicted octanol–water partition coefficient (Wildman–Crippen LogP) is 3.44. The zero-order chi connectivity index (χ0) is 19.3. The molecule has 0 unspecified atom stereocenters. The molecule has 1 N–H and O–H groups in total. The van der Waals surface area contributed by atoms with Crippen molar-refractivity contribution in [2.24, 2.45) is 0 Å². The van der Waals surface area contributed by atoms with Gasteiger partial charge in [-0.3, -0.25) is 14.8 Å². The molecule has 1 saturated heterocycles. The summed E-state index contributed by atoms with van der Waals surface area (Å²) in [7, 11) is 0. The van der Waals surface area contributed by atoms with Crippen LogP contribution in [0.4, 0.5) is 4.39 Å². The molecule has 0 aliphatic carbocycles. The van der Waals surface area contributed by atoms with Gasteiger partial charge in [0.05, 0.1) is 5.52 Å². The first-order chi connectivity index (χ1) is 13.7. The van der Waals surface area contributed by atoms with Gasteiger partial charge in [0, 0.05) is 57.0 Å². The Morgan fingerprint density at radius 2 is 1.86 bits per heavy atom. The molecule has 0 radical (unpaired) electrons. The van der Waals surface area contributed by atoms with E-state index in [2.05, 4.69) is 33.0 Å². The van der Waals surface area contributed by atoms with E-state index in [1.807, 2.05) is 30.5 Å². The first-order valence-electron chi connectivity index (χ1n) is 9.87. The fraction of sp³-hybridized carbons (Fsp3) is 0.348. The van der Waals surface area contributed by atoms with Crippen LogP contribution in [0.15, 0.2) is 60.8 Å². The number of pyridine rings is 1. The number of aromatic nitrogens is 1. The summed E-state index contributed by atoms with van der Waals surface area (Å²) < 4.78 is 13.2. The zero-order valence-electron chi connectivity index (χ0n) is 16.0. The summed E-state index contributed by atoms with van der Waals surface area (Å²) in [4.78, 5) is 9.33. The zero-order valence-corrected chi connectivity index (χ0v) is 16.0. The quantitative estimate of drug-likeness (QED) is 0.712. The van der Waals surface area contributed by atoms with Crippen molar-refractivity contribution in [3.63, 3.8) is 0 Å². The number of hydrogen-bond donors (Lipinski definition) is 1. The molecule has 2 heterocycles. The van der Waals surface area contributed by atoms with E-state index in [9.17, 15) is 9.50 Å². The Kier molecular flexibility index (Phi) is 5.95. The minimum absolute atomic E-state index is 0.177. The Balaban J connectivity index is 1.45. The van der Waals surface area contributed by atoms with Crippen molar-refractivity contribution in [3.8, 4) is 0 Å². The molecular formula is C23H26FN3O. The second-order valence-electron chi connectivity index (χ2n) is 7.49. The Labute approximate surface area is 165 Å². The van der Waals surface area contributed by atoms with Gasteiger partial charge in [-0.1, -0.05) is 30.3 Å². The second-order valence-corrected chi connectivity index (χ2v) is 7.49. The van der Waals surface area contributed by atoms with Gasteiger partial charge in [0.1, 0.15) is 5.82 Å². The Morgan fingerprint density at radius 3 is 2.68 bits per heavy atom. The fourth-order valence-electron chi connectivity index (χ4n) is 4.10. The average molecular weight is 379 g/mol. The summed E-state index contributed by atoms with van der Waals surface area (Å²) in [6, 6.07) is 17.4.